The van der Waals surface area contributed by atoms with Crippen molar-refractivity contribution in [2.24, 2.45) is 0 Å². The highest BCUT2D eigenvalue weighted by atomic mass is 16.4. The van der Waals surface area contributed by atoms with Crippen molar-refractivity contribution in [3.63, 3.8) is 0 Å². The molecule has 2 nitrogen and oxygen atoms in total. The van der Waals surface area contributed by atoms with Gasteiger partial charge in [-0.2, -0.15) is 0 Å². The second-order valence-corrected chi connectivity index (χ2v) is 6.98. The molecule has 0 unspecified atom stereocenters. The molecule has 5 rings (SSSR count). The standard InChI is InChI=1S/C27H18O2/c28-27-26(21-12-5-2-6-13-21)24(20-10-3-1-4-11-20)18-25(29-27)23-16-15-19-9-7-8-14-22(19)17-23/h1-18H. The number of fused-ring (bicyclic) bond motifs is 1. The van der Waals surface area contributed by atoms with E-state index in [2.05, 4.69) is 24.3 Å². The van der Waals surface area contributed by atoms with Gasteiger partial charge in [0.1, 0.15) is 5.76 Å². The van der Waals surface area contributed by atoms with E-state index in [0.29, 0.717) is 11.3 Å². The van der Waals surface area contributed by atoms with E-state index in [9.17, 15) is 4.79 Å². The second kappa shape index (κ2) is 7.25. The van der Waals surface area contributed by atoms with Gasteiger partial charge < -0.3 is 4.42 Å². The van der Waals surface area contributed by atoms with E-state index < -0.39 is 0 Å². The molecular weight excluding hydrogens is 356 g/mol. The summed E-state index contributed by atoms with van der Waals surface area (Å²) < 4.78 is 5.80. The van der Waals surface area contributed by atoms with Gasteiger partial charge in [0.25, 0.3) is 0 Å². The Kier molecular flexibility index (Phi) is 4.30. The third-order valence-electron chi connectivity index (χ3n) is 5.13. The summed E-state index contributed by atoms with van der Waals surface area (Å²) in [6.45, 7) is 0. The molecule has 0 atom stereocenters. The minimum Gasteiger partial charge on any atom is -0.422 e. The van der Waals surface area contributed by atoms with Gasteiger partial charge >= 0.3 is 5.63 Å². The van der Waals surface area contributed by atoms with E-state index in [1.54, 1.807) is 0 Å². The normalized spacial score (nSPS) is 10.9. The quantitative estimate of drug-likeness (QED) is 0.348. The molecule has 0 bridgehead atoms. The third kappa shape index (κ3) is 3.26. The fourth-order valence-corrected chi connectivity index (χ4v) is 3.70. The van der Waals surface area contributed by atoms with Crippen LogP contribution in [0.2, 0.25) is 0 Å². The molecule has 0 N–H and O–H groups in total. The Labute approximate surface area is 168 Å². The highest BCUT2D eigenvalue weighted by Crippen LogP contribution is 2.33. The minimum atomic E-state index is -0.333. The highest BCUT2D eigenvalue weighted by Gasteiger charge is 2.16. The van der Waals surface area contributed by atoms with E-state index in [1.807, 2.05) is 84.9 Å². The summed E-state index contributed by atoms with van der Waals surface area (Å²) in [6.07, 6.45) is 0. The zero-order valence-corrected chi connectivity index (χ0v) is 15.7. The average Bonchev–Trinajstić information content (AvgIpc) is 2.79. The molecule has 0 radical (unpaired) electrons. The summed E-state index contributed by atoms with van der Waals surface area (Å²) in [4.78, 5) is 13.1. The number of rotatable bonds is 3. The van der Waals surface area contributed by atoms with E-state index in [1.165, 1.54) is 0 Å². The second-order valence-electron chi connectivity index (χ2n) is 6.98. The van der Waals surface area contributed by atoms with Crippen LogP contribution in [0, 0.1) is 0 Å². The van der Waals surface area contributed by atoms with E-state index in [4.69, 9.17) is 4.42 Å². The van der Waals surface area contributed by atoms with Crippen molar-refractivity contribution in [1.82, 2.24) is 0 Å². The van der Waals surface area contributed by atoms with Crippen molar-refractivity contribution in [2.45, 2.75) is 0 Å². The zero-order chi connectivity index (χ0) is 19.6. The third-order valence-corrected chi connectivity index (χ3v) is 5.13. The summed E-state index contributed by atoms with van der Waals surface area (Å²) in [7, 11) is 0. The molecule has 5 aromatic rings. The molecule has 0 saturated heterocycles. The van der Waals surface area contributed by atoms with E-state index in [-0.39, 0.29) is 5.63 Å². The molecule has 0 aliphatic carbocycles. The van der Waals surface area contributed by atoms with Crippen LogP contribution in [0.15, 0.2) is 118 Å². The molecule has 0 saturated carbocycles. The predicted octanol–water partition coefficient (Wildman–Crippen LogP) is 6.79. The average molecular weight is 374 g/mol. The minimum absolute atomic E-state index is 0.333. The smallest absolute Gasteiger partial charge is 0.344 e. The van der Waals surface area contributed by atoms with Gasteiger partial charge in [0.15, 0.2) is 0 Å². The largest absolute Gasteiger partial charge is 0.422 e. The first-order chi connectivity index (χ1) is 14.3. The van der Waals surface area contributed by atoms with Crippen molar-refractivity contribution < 1.29 is 4.42 Å². The lowest BCUT2D eigenvalue weighted by atomic mass is 9.95. The fourth-order valence-electron chi connectivity index (χ4n) is 3.70. The molecule has 2 heteroatoms. The topological polar surface area (TPSA) is 30.2 Å². The van der Waals surface area contributed by atoms with Crippen LogP contribution < -0.4 is 5.63 Å². The van der Waals surface area contributed by atoms with Crippen LogP contribution in [0.4, 0.5) is 0 Å². The first-order valence-electron chi connectivity index (χ1n) is 9.58. The van der Waals surface area contributed by atoms with Gasteiger partial charge in [-0.25, -0.2) is 4.79 Å². The first-order valence-corrected chi connectivity index (χ1v) is 9.58. The van der Waals surface area contributed by atoms with E-state index in [0.717, 1.165) is 33.0 Å². The molecule has 138 valence electrons. The van der Waals surface area contributed by atoms with Gasteiger partial charge in [0.2, 0.25) is 0 Å². The van der Waals surface area contributed by atoms with Crippen LogP contribution in [-0.4, -0.2) is 0 Å². The molecule has 0 aliphatic heterocycles. The summed E-state index contributed by atoms with van der Waals surface area (Å²) >= 11 is 0. The van der Waals surface area contributed by atoms with Gasteiger partial charge in [-0.05, 0) is 34.0 Å². The monoisotopic (exact) mass is 374 g/mol. The maximum absolute atomic E-state index is 13.1. The maximum Gasteiger partial charge on any atom is 0.344 e. The van der Waals surface area contributed by atoms with Crippen LogP contribution in [0.3, 0.4) is 0 Å². The Morgan fingerprint density at radius 1 is 0.517 bits per heavy atom. The Balaban J connectivity index is 1.76. The van der Waals surface area contributed by atoms with Crippen LogP contribution in [0.5, 0.6) is 0 Å². The summed E-state index contributed by atoms with van der Waals surface area (Å²) in [6, 6.07) is 35.9. The van der Waals surface area contributed by atoms with Gasteiger partial charge in [-0.15, -0.1) is 0 Å². The molecule has 29 heavy (non-hydrogen) atoms. The van der Waals surface area contributed by atoms with Gasteiger partial charge in [0.05, 0.1) is 5.56 Å². The Hall–Kier alpha value is -3.91. The first kappa shape index (κ1) is 17.2. The molecule has 0 aliphatic rings. The van der Waals surface area contributed by atoms with Crippen LogP contribution >= 0.6 is 0 Å². The Bertz CT molecular complexity index is 1350. The van der Waals surface area contributed by atoms with Gasteiger partial charge in [-0.1, -0.05) is 97.1 Å². The lowest BCUT2D eigenvalue weighted by molar-refractivity contribution is 0.529. The molecule has 0 amide bonds. The SMILES string of the molecule is O=c1oc(-c2ccc3ccccc3c2)cc(-c2ccccc2)c1-c1ccccc1. The lowest BCUT2D eigenvalue weighted by Crippen LogP contribution is -2.06. The van der Waals surface area contributed by atoms with Crippen molar-refractivity contribution in [2.75, 3.05) is 0 Å². The lowest BCUT2D eigenvalue weighted by Gasteiger charge is -2.11. The maximum atomic E-state index is 13.1. The molecule has 1 aromatic heterocycles. The summed E-state index contributed by atoms with van der Waals surface area (Å²) in [5, 5.41) is 2.27. The van der Waals surface area contributed by atoms with E-state index >= 15 is 0 Å². The molecule has 0 fully saturated rings. The number of benzene rings is 4. The molecule has 1 heterocycles. The van der Waals surface area contributed by atoms with Crippen LogP contribution in [0.25, 0.3) is 44.3 Å². The van der Waals surface area contributed by atoms with Crippen molar-refractivity contribution >= 4 is 10.8 Å². The van der Waals surface area contributed by atoms with Crippen LogP contribution in [0.1, 0.15) is 0 Å². The Morgan fingerprint density at radius 3 is 1.86 bits per heavy atom. The van der Waals surface area contributed by atoms with Crippen molar-refractivity contribution in [3.8, 4) is 33.6 Å². The van der Waals surface area contributed by atoms with Crippen molar-refractivity contribution in [1.29, 1.82) is 0 Å². The summed E-state index contributed by atoms with van der Waals surface area (Å²) in [5.41, 5.74) is 3.85. The highest BCUT2D eigenvalue weighted by molar-refractivity contribution is 5.88. The molecular formula is C27H18O2. The van der Waals surface area contributed by atoms with Gasteiger partial charge in [-0.3, -0.25) is 0 Å². The van der Waals surface area contributed by atoms with Crippen molar-refractivity contribution in [3.05, 3.63) is 120 Å². The molecule has 0 spiro atoms. The fraction of sp³-hybridized carbons (Fsp3) is 0. The number of hydrogen-bond acceptors (Lipinski definition) is 2. The van der Waals surface area contributed by atoms with Crippen LogP contribution in [-0.2, 0) is 0 Å². The van der Waals surface area contributed by atoms with Gasteiger partial charge in [0, 0.05) is 11.1 Å². The predicted molar refractivity (Wildman–Crippen MR) is 119 cm³/mol. The summed E-state index contributed by atoms with van der Waals surface area (Å²) in [5.74, 6) is 0.569. The zero-order valence-electron chi connectivity index (χ0n) is 15.7. The number of hydrogen-bond donors (Lipinski definition) is 0. The molecule has 4 aromatic carbocycles. The Morgan fingerprint density at radius 2 is 1.14 bits per heavy atom.